The fourth-order valence-electron chi connectivity index (χ4n) is 1.83. The number of thioether (sulfide) groups is 1. The van der Waals surface area contributed by atoms with Crippen molar-refractivity contribution in [2.24, 2.45) is 0 Å². The van der Waals surface area contributed by atoms with E-state index in [0.717, 1.165) is 23.0 Å². The standard InChI is InChI=1S/C14H10N2O2S/c17-13-12(19-14(18)15-13)8-10-6-7-16(9-10)11-4-2-1-3-5-11/h1-9H,(H,15,17,18). The number of carbonyl (C=O) groups is 2. The van der Waals surface area contributed by atoms with Gasteiger partial charge in [0.25, 0.3) is 11.1 Å². The van der Waals surface area contributed by atoms with Crippen molar-refractivity contribution in [2.75, 3.05) is 0 Å². The van der Waals surface area contributed by atoms with Gasteiger partial charge in [-0.15, -0.1) is 0 Å². The van der Waals surface area contributed by atoms with Crippen LogP contribution in [0.3, 0.4) is 0 Å². The van der Waals surface area contributed by atoms with Crippen molar-refractivity contribution < 1.29 is 9.59 Å². The molecule has 19 heavy (non-hydrogen) atoms. The second-order valence-corrected chi connectivity index (χ2v) is 5.05. The first kappa shape index (κ1) is 11.8. The summed E-state index contributed by atoms with van der Waals surface area (Å²) in [6.45, 7) is 0. The molecule has 1 aliphatic heterocycles. The highest BCUT2D eigenvalue weighted by atomic mass is 32.2. The molecule has 0 unspecified atom stereocenters. The molecule has 0 spiro atoms. The quantitative estimate of drug-likeness (QED) is 0.854. The van der Waals surface area contributed by atoms with Crippen LogP contribution in [0.15, 0.2) is 53.7 Å². The molecule has 0 atom stereocenters. The van der Waals surface area contributed by atoms with Gasteiger partial charge in [-0.1, -0.05) is 18.2 Å². The Hall–Kier alpha value is -2.27. The summed E-state index contributed by atoms with van der Waals surface area (Å²) in [6, 6.07) is 11.8. The van der Waals surface area contributed by atoms with Crippen LogP contribution in [0.5, 0.6) is 0 Å². The minimum absolute atomic E-state index is 0.321. The van der Waals surface area contributed by atoms with Gasteiger partial charge in [0.2, 0.25) is 0 Å². The van der Waals surface area contributed by atoms with Gasteiger partial charge < -0.3 is 4.57 Å². The molecule has 2 aromatic rings. The highest BCUT2D eigenvalue weighted by Crippen LogP contribution is 2.25. The van der Waals surface area contributed by atoms with E-state index in [1.54, 1.807) is 6.08 Å². The Morgan fingerprint density at radius 3 is 2.58 bits per heavy atom. The lowest BCUT2D eigenvalue weighted by atomic mass is 10.3. The molecular weight excluding hydrogens is 260 g/mol. The summed E-state index contributed by atoms with van der Waals surface area (Å²) in [7, 11) is 0. The van der Waals surface area contributed by atoms with E-state index in [0.29, 0.717) is 4.91 Å². The lowest BCUT2D eigenvalue weighted by molar-refractivity contribution is -0.115. The van der Waals surface area contributed by atoms with Gasteiger partial charge >= 0.3 is 0 Å². The number of aromatic nitrogens is 1. The number of nitrogens with one attached hydrogen (secondary N) is 1. The van der Waals surface area contributed by atoms with Gasteiger partial charge in [0.1, 0.15) is 0 Å². The molecule has 2 amide bonds. The average molecular weight is 270 g/mol. The first-order valence-electron chi connectivity index (χ1n) is 5.71. The monoisotopic (exact) mass is 270 g/mol. The van der Waals surface area contributed by atoms with E-state index in [-0.39, 0.29) is 11.1 Å². The van der Waals surface area contributed by atoms with Gasteiger partial charge in [0, 0.05) is 18.1 Å². The van der Waals surface area contributed by atoms with Crippen molar-refractivity contribution in [3.63, 3.8) is 0 Å². The number of nitrogens with zero attached hydrogens (tertiary/aromatic N) is 1. The number of hydrogen-bond donors (Lipinski definition) is 1. The molecule has 3 rings (SSSR count). The Labute approximate surface area is 114 Å². The summed E-state index contributed by atoms with van der Waals surface area (Å²) in [4.78, 5) is 22.9. The van der Waals surface area contributed by atoms with Crippen molar-refractivity contribution in [1.82, 2.24) is 9.88 Å². The summed E-state index contributed by atoms with van der Waals surface area (Å²) in [5.74, 6) is -0.331. The lowest BCUT2D eigenvalue weighted by Crippen LogP contribution is -2.17. The van der Waals surface area contributed by atoms with E-state index < -0.39 is 0 Å². The van der Waals surface area contributed by atoms with Crippen LogP contribution < -0.4 is 5.32 Å². The highest BCUT2D eigenvalue weighted by molar-refractivity contribution is 8.18. The van der Waals surface area contributed by atoms with Crippen LogP contribution in [0.4, 0.5) is 4.79 Å². The van der Waals surface area contributed by atoms with Gasteiger partial charge in [0.05, 0.1) is 4.91 Å². The van der Waals surface area contributed by atoms with E-state index in [4.69, 9.17) is 0 Å². The van der Waals surface area contributed by atoms with Crippen LogP contribution in [0.1, 0.15) is 5.56 Å². The molecule has 1 aromatic heterocycles. The molecule has 1 N–H and O–H groups in total. The summed E-state index contributed by atoms with van der Waals surface area (Å²) < 4.78 is 1.96. The Balaban J connectivity index is 1.89. The average Bonchev–Trinajstić information content (AvgIpc) is 2.99. The highest BCUT2D eigenvalue weighted by Gasteiger charge is 2.24. The molecule has 5 heteroatoms. The van der Waals surface area contributed by atoms with Gasteiger partial charge in [-0.3, -0.25) is 14.9 Å². The van der Waals surface area contributed by atoms with Crippen molar-refractivity contribution in [1.29, 1.82) is 0 Å². The normalized spacial score (nSPS) is 16.9. The van der Waals surface area contributed by atoms with E-state index >= 15 is 0 Å². The van der Waals surface area contributed by atoms with Crippen molar-refractivity contribution in [2.45, 2.75) is 0 Å². The van der Waals surface area contributed by atoms with E-state index in [1.165, 1.54) is 0 Å². The minimum Gasteiger partial charge on any atom is -0.323 e. The summed E-state index contributed by atoms with van der Waals surface area (Å²) in [5.41, 5.74) is 1.93. The van der Waals surface area contributed by atoms with Crippen molar-refractivity contribution in [3.8, 4) is 5.69 Å². The van der Waals surface area contributed by atoms with Crippen molar-refractivity contribution in [3.05, 3.63) is 59.3 Å². The van der Waals surface area contributed by atoms with Crippen molar-refractivity contribution >= 4 is 29.0 Å². The van der Waals surface area contributed by atoms with Crippen LogP contribution in [0.25, 0.3) is 11.8 Å². The minimum atomic E-state index is -0.331. The SMILES string of the molecule is O=C1NC(=O)C(=Cc2ccn(-c3ccccc3)c2)S1. The van der Waals surface area contributed by atoms with Crippen LogP contribution in [0.2, 0.25) is 0 Å². The molecule has 0 saturated carbocycles. The summed E-state index contributed by atoms with van der Waals surface area (Å²) in [5, 5.41) is 1.91. The maximum Gasteiger partial charge on any atom is 0.290 e. The van der Waals surface area contributed by atoms with Crippen LogP contribution in [-0.4, -0.2) is 15.7 Å². The molecule has 0 radical (unpaired) electrons. The van der Waals surface area contributed by atoms with Crippen LogP contribution >= 0.6 is 11.8 Å². The first-order valence-corrected chi connectivity index (χ1v) is 6.52. The maximum absolute atomic E-state index is 11.4. The third kappa shape index (κ3) is 2.46. The molecule has 1 saturated heterocycles. The zero-order valence-corrected chi connectivity index (χ0v) is 10.7. The molecule has 2 heterocycles. The zero-order chi connectivity index (χ0) is 13.2. The van der Waals surface area contributed by atoms with Gasteiger partial charge in [0.15, 0.2) is 0 Å². The van der Waals surface area contributed by atoms with Gasteiger partial charge in [-0.2, -0.15) is 0 Å². The first-order chi connectivity index (χ1) is 9.22. The topological polar surface area (TPSA) is 51.1 Å². The fraction of sp³-hybridized carbons (Fsp3) is 0. The van der Waals surface area contributed by atoms with Crippen LogP contribution in [0, 0.1) is 0 Å². The molecule has 1 aliphatic rings. The number of benzene rings is 1. The molecule has 94 valence electrons. The third-order valence-corrected chi connectivity index (χ3v) is 3.52. The second kappa shape index (κ2) is 4.78. The predicted molar refractivity (Wildman–Crippen MR) is 74.9 cm³/mol. The maximum atomic E-state index is 11.4. The van der Waals surface area contributed by atoms with Gasteiger partial charge in [-0.25, -0.2) is 0 Å². The Kier molecular flexibility index (Phi) is 2.97. The number of amides is 2. The van der Waals surface area contributed by atoms with E-state index in [9.17, 15) is 9.59 Å². The van der Waals surface area contributed by atoms with E-state index in [2.05, 4.69) is 5.32 Å². The molecule has 1 aromatic carbocycles. The summed E-state index contributed by atoms with van der Waals surface area (Å²) in [6.07, 6.45) is 5.55. The van der Waals surface area contributed by atoms with E-state index in [1.807, 2.05) is 53.4 Å². The Morgan fingerprint density at radius 1 is 1.11 bits per heavy atom. The number of carbonyl (C=O) groups excluding carboxylic acids is 2. The summed E-state index contributed by atoms with van der Waals surface area (Å²) >= 11 is 0.926. The second-order valence-electron chi connectivity index (χ2n) is 4.04. The lowest BCUT2D eigenvalue weighted by Gasteiger charge is -2.00. The molecular formula is C14H10N2O2S. The Bertz CT molecular complexity index is 674. The smallest absolute Gasteiger partial charge is 0.290 e. The third-order valence-electron chi connectivity index (χ3n) is 2.71. The van der Waals surface area contributed by atoms with Crippen LogP contribution in [-0.2, 0) is 4.79 Å². The number of hydrogen-bond acceptors (Lipinski definition) is 3. The largest absolute Gasteiger partial charge is 0.323 e. The molecule has 4 nitrogen and oxygen atoms in total. The molecule has 0 bridgehead atoms. The number of imide groups is 1. The molecule has 0 aliphatic carbocycles. The predicted octanol–water partition coefficient (Wildman–Crippen LogP) is 2.80. The molecule has 1 fully saturated rings. The Morgan fingerprint density at radius 2 is 1.89 bits per heavy atom. The fourth-order valence-corrected chi connectivity index (χ4v) is 2.51. The number of para-hydroxylation sites is 1. The number of rotatable bonds is 2. The zero-order valence-electron chi connectivity index (χ0n) is 9.87. The van der Waals surface area contributed by atoms with Gasteiger partial charge in [-0.05, 0) is 41.6 Å².